The highest BCUT2D eigenvalue weighted by atomic mass is 14.9. The Kier molecular flexibility index (Phi) is 9.49. The zero-order valence-corrected chi connectivity index (χ0v) is 10.6. The summed E-state index contributed by atoms with van der Waals surface area (Å²) in [5.74, 6) is 0.895. The Labute approximate surface area is 90.7 Å². The molecule has 14 heavy (non-hydrogen) atoms. The van der Waals surface area contributed by atoms with E-state index < -0.39 is 0 Å². The molecular formula is C13H29N. The molecule has 0 fully saturated rings. The van der Waals surface area contributed by atoms with E-state index >= 15 is 0 Å². The second kappa shape index (κ2) is 9.51. The van der Waals surface area contributed by atoms with Crippen molar-refractivity contribution in [1.82, 2.24) is 5.32 Å². The molecule has 0 aliphatic heterocycles. The van der Waals surface area contributed by atoms with Crippen molar-refractivity contribution in [3.63, 3.8) is 0 Å². The summed E-state index contributed by atoms with van der Waals surface area (Å²) in [4.78, 5) is 0. The Bertz CT molecular complexity index is 112. The van der Waals surface area contributed by atoms with E-state index in [1.54, 1.807) is 0 Å². The smallest absolute Gasteiger partial charge is 0.00951 e. The second-order valence-electron chi connectivity index (χ2n) is 4.31. The summed E-state index contributed by atoms with van der Waals surface area (Å²) in [6.07, 6.45) is 7.95. The fourth-order valence-corrected chi connectivity index (χ4v) is 2.21. The van der Waals surface area contributed by atoms with Gasteiger partial charge in [0.25, 0.3) is 0 Å². The fraction of sp³-hybridized carbons (Fsp3) is 1.00. The molecule has 0 amide bonds. The largest absolute Gasteiger partial charge is 0.314 e. The maximum absolute atomic E-state index is 3.71. The standard InChI is InChI=1S/C13H29N/c1-5-9-12(8-4)13(10-6-2)14-11-7-3/h12-14H,5-11H2,1-4H3. The van der Waals surface area contributed by atoms with Crippen molar-refractivity contribution >= 4 is 0 Å². The molecule has 2 unspecified atom stereocenters. The highest BCUT2D eigenvalue weighted by Gasteiger charge is 2.17. The Morgan fingerprint density at radius 2 is 1.50 bits per heavy atom. The van der Waals surface area contributed by atoms with Crippen LogP contribution >= 0.6 is 0 Å². The zero-order valence-electron chi connectivity index (χ0n) is 10.6. The molecule has 0 aromatic rings. The minimum atomic E-state index is 0.768. The summed E-state index contributed by atoms with van der Waals surface area (Å²) in [7, 11) is 0. The second-order valence-corrected chi connectivity index (χ2v) is 4.31. The molecule has 0 aromatic heterocycles. The molecule has 0 saturated carbocycles. The quantitative estimate of drug-likeness (QED) is 0.592. The van der Waals surface area contributed by atoms with Crippen LogP contribution in [0.3, 0.4) is 0 Å². The first kappa shape index (κ1) is 14.0. The maximum Gasteiger partial charge on any atom is 0.00951 e. The number of rotatable bonds is 9. The van der Waals surface area contributed by atoms with Gasteiger partial charge in [-0.2, -0.15) is 0 Å². The van der Waals surface area contributed by atoms with Crippen molar-refractivity contribution in [2.75, 3.05) is 6.54 Å². The van der Waals surface area contributed by atoms with Crippen LogP contribution in [-0.2, 0) is 0 Å². The van der Waals surface area contributed by atoms with Gasteiger partial charge >= 0.3 is 0 Å². The Balaban J connectivity index is 3.97. The first-order chi connectivity index (χ1) is 6.79. The van der Waals surface area contributed by atoms with Crippen molar-refractivity contribution in [1.29, 1.82) is 0 Å². The van der Waals surface area contributed by atoms with Gasteiger partial charge < -0.3 is 5.32 Å². The highest BCUT2D eigenvalue weighted by Crippen LogP contribution is 2.19. The summed E-state index contributed by atoms with van der Waals surface area (Å²) in [5.41, 5.74) is 0. The van der Waals surface area contributed by atoms with Crippen LogP contribution in [0, 0.1) is 5.92 Å². The van der Waals surface area contributed by atoms with E-state index in [0.29, 0.717) is 0 Å². The number of hydrogen-bond donors (Lipinski definition) is 1. The molecule has 0 heterocycles. The van der Waals surface area contributed by atoms with Gasteiger partial charge in [-0.05, 0) is 31.7 Å². The van der Waals surface area contributed by atoms with Crippen LogP contribution in [0.2, 0.25) is 0 Å². The number of hydrogen-bond acceptors (Lipinski definition) is 1. The average Bonchev–Trinajstić information content (AvgIpc) is 2.21. The van der Waals surface area contributed by atoms with Crippen LogP contribution in [0.25, 0.3) is 0 Å². The minimum Gasteiger partial charge on any atom is -0.314 e. The van der Waals surface area contributed by atoms with Crippen LogP contribution in [0.15, 0.2) is 0 Å². The van der Waals surface area contributed by atoms with Crippen LogP contribution in [0.5, 0.6) is 0 Å². The fourth-order valence-electron chi connectivity index (χ4n) is 2.21. The maximum atomic E-state index is 3.71. The van der Waals surface area contributed by atoms with E-state index in [4.69, 9.17) is 0 Å². The van der Waals surface area contributed by atoms with Crippen molar-refractivity contribution < 1.29 is 0 Å². The van der Waals surface area contributed by atoms with Gasteiger partial charge in [-0.15, -0.1) is 0 Å². The minimum absolute atomic E-state index is 0.768. The first-order valence-corrected chi connectivity index (χ1v) is 6.53. The molecule has 1 nitrogen and oxygen atoms in total. The van der Waals surface area contributed by atoms with Crippen LogP contribution in [-0.4, -0.2) is 12.6 Å². The van der Waals surface area contributed by atoms with E-state index in [0.717, 1.165) is 12.0 Å². The van der Waals surface area contributed by atoms with Gasteiger partial charge in [-0.25, -0.2) is 0 Å². The Morgan fingerprint density at radius 3 is 1.93 bits per heavy atom. The molecule has 0 aliphatic carbocycles. The summed E-state index contributed by atoms with van der Waals surface area (Å²) in [6, 6.07) is 0.768. The predicted octanol–water partition coefficient (Wildman–Crippen LogP) is 3.98. The molecule has 1 N–H and O–H groups in total. The summed E-state index contributed by atoms with van der Waals surface area (Å²) in [6.45, 7) is 10.4. The molecule has 2 atom stereocenters. The monoisotopic (exact) mass is 199 g/mol. The third-order valence-electron chi connectivity index (χ3n) is 3.01. The topological polar surface area (TPSA) is 12.0 Å². The molecule has 0 saturated heterocycles. The summed E-state index contributed by atoms with van der Waals surface area (Å²) < 4.78 is 0. The molecular weight excluding hydrogens is 170 g/mol. The average molecular weight is 199 g/mol. The van der Waals surface area contributed by atoms with Crippen molar-refractivity contribution in [3.8, 4) is 0 Å². The molecule has 0 aliphatic rings. The van der Waals surface area contributed by atoms with Crippen LogP contribution in [0.4, 0.5) is 0 Å². The zero-order chi connectivity index (χ0) is 10.8. The van der Waals surface area contributed by atoms with E-state index in [-0.39, 0.29) is 0 Å². The first-order valence-electron chi connectivity index (χ1n) is 6.53. The lowest BCUT2D eigenvalue weighted by Crippen LogP contribution is -2.36. The van der Waals surface area contributed by atoms with Gasteiger partial charge in [-0.1, -0.05) is 47.0 Å². The molecule has 0 spiro atoms. The van der Waals surface area contributed by atoms with Crippen molar-refractivity contribution in [2.24, 2.45) is 5.92 Å². The van der Waals surface area contributed by atoms with E-state index in [9.17, 15) is 0 Å². The van der Waals surface area contributed by atoms with E-state index in [1.165, 1.54) is 45.1 Å². The Morgan fingerprint density at radius 1 is 0.857 bits per heavy atom. The Hall–Kier alpha value is -0.0400. The SMILES string of the molecule is CCCNC(CCC)C(CC)CCC. The van der Waals surface area contributed by atoms with Gasteiger partial charge in [0.2, 0.25) is 0 Å². The van der Waals surface area contributed by atoms with Gasteiger partial charge in [0.05, 0.1) is 0 Å². The molecule has 1 heteroatoms. The molecule has 0 bridgehead atoms. The van der Waals surface area contributed by atoms with Gasteiger partial charge in [0.1, 0.15) is 0 Å². The molecule has 0 aromatic carbocycles. The van der Waals surface area contributed by atoms with E-state index in [1.807, 2.05) is 0 Å². The van der Waals surface area contributed by atoms with Gasteiger partial charge in [-0.3, -0.25) is 0 Å². The van der Waals surface area contributed by atoms with Gasteiger partial charge in [0.15, 0.2) is 0 Å². The number of nitrogens with one attached hydrogen (secondary N) is 1. The normalized spacial score (nSPS) is 15.4. The van der Waals surface area contributed by atoms with Crippen LogP contribution in [0.1, 0.15) is 66.2 Å². The van der Waals surface area contributed by atoms with Crippen LogP contribution < -0.4 is 5.32 Å². The third-order valence-corrected chi connectivity index (χ3v) is 3.01. The van der Waals surface area contributed by atoms with E-state index in [2.05, 4.69) is 33.0 Å². The van der Waals surface area contributed by atoms with Gasteiger partial charge in [0, 0.05) is 6.04 Å². The lowest BCUT2D eigenvalue weighted by molar-refractivity contribution is 0.305. The summed E-state index contributed by atoms with van der Waals surface area (Å²) >= 11 is 0. The highest BCUT2D eigenvalue weighted by molar-refractivity contribution is 4.74. The summed E-state index contributed by atoms with van der Waals surface area (Å²) in [5, 5.41) is 3.71. The third kappa shape index (κ3) is 5.64. The lowest BCUT2D eigenvalue weighted by Gasteiger charge is -2.26. The molecule has 86 valence electrons. The van der Waals surface area contributed by atoms with Crippen molar-refractivity contribution in [3.05, 3.63) is 0 Å². The predicted molar refractivity (Wildman–Crippen MR) is 65.7 cm³/mol. The molecule has 0 radical (unpaired) electrons. The van der Waals surface area contributed by atoms with Crippen molar-refractivity contribution in [2.45, 2.75) is 72.3 Å². The molecule has 0 rings (SSSR count). The lowest BCUT2D eigenvalue weighted by atomic mass is 9.89.